The summed E-state index contributed by atoms with van der Waals surface area (Å²) >= 11 is 1.60. The van der Waals surface area contributed by atoms with E-state index < -0.39 is 0 Å². The monoisotopic (exact) mass is 413 g/mol. The van der Waals surface area contributed by atoms with E-state index in [1.807, 2.05) is 29.8 Å². The van der Waals surface area contributed by atoms with Gasteiger partial charge in [0.1, 0.15) is 5.56 Å². The lowest BCUT2D eigenvalue weighted by molar-refractivity contribution is 0.0949. The standard InChI is InChI=1S/C21H27N5O2S/c1-15-12-26-14-17(24-21(26)29-15)11-22-19(27)18-8-7-16(23-20(18)28)13-25-9-5-3-2-4-6-10-25/h7-8,12,14H,2-6,9-11,13H2,1H3,(H,22,27)(H,23,28). The molecule has 0 atom stereocenters. The summed E-state index contributed by atoms with van der Waals surface area (Å²) in [7, 11) is 0. The fraction of sp³-hybridized carbons (Fsp3) is 0.476. The van der Waals surface area contributed by atoms with E-state index in [1.54, 1.807) is 17.4 Å². The minimum Gasteiger partial charge on any atom is -0.346 e. The third-order valence-electron chi connectivity index (χ3n) is 5.31. The average molecular weight is 414 g/mol. The second-order valence-corrected chi connectivity index (χ2v) is 8.93. The summed E-state index contributed by atoms with van der Waals surface area (Å²) in [5.74, 6) is -0.378. The van der Waals surface area contributed by atoms with Gasteiger partial charge in [-0.2, -0.15) is 0 Å². The summed E-state index contributed by atoms with van der Waals surface area (Å²) in [5, 5.41) is 2.80. The number of pyridine rings is 1. The van der Waals surface area contributed by atoms with Crippen LogP contribution in [0.2, 0.25) is 0 Å². The number of fused-ring (bicyclic) bond motifs is 1. The van der Waals surface area contributed by atoms with E-state index in [2.05, 4.69) is 20.2 Å². The number of likely N-dealkylation sites (tertiary alicyclic amines) is 1. The Morgan fingerprint density at radius 1 is 1.17 bits per heavy atom. The van der Waals surface area contributed by atoms with Crippen molar-refractivity contribution in [2.24, 2.45) is 0 Å². The van der Waals surface area contributed by atoms with Gasteiger partial charge in [0.2, 0.25) is 0 Å². The molecule has 1 aliphatic heterocycles. The van der Waals surface area contributed by atoms with E-state index in [0.29, 0.717) is 6.54 Å². The Morgan fingerprint density at radius 2 is 1.93 bits per heavy atom. The number of aromatic amines is 1. The smallest absolute Gasteiger partial charge is 0.261 e. The molecule has 1 fully saturated rings. The molecule has 0 unspecified atom stereocenters. The van der Waals surface area contributed by atoms with Gasteiger partial charge in [-0.1, -0.05) is 19.3 Å². The molecular weight excluding hydrogens is 386 g/mol. The van der Waals surface area contributed by atoms with Gasteiger partial charge < -0.3 is 10.3 Å². The number of H-pyrrole nitrogens is 1. The van der Waals surface area contributed by atoms with E-state index in [0.717, 1.165) is 36.0 Å². The molecule has 1 aliphatic rings. The predicted octanol–water partition coefficient (Wildman–Crippen LogP) is 3.09. The normalized spacial score (nSPS) is 15.9. The third kappa shape index (κ3) is 4.94. The van der Waals surface area contributed by atoms with Gasteiger partial charge in [0, 0.05) is 29.5 Å². The number of amides is 1. The molecule has 1 saturated heterocycles. The molecule has 0 aromatic carbocycles. The van der Waals surface area contributed by atoms with Crippen LogP contribution in [-0.4, -0.2) is 38.3 Å². The van der Waals surface area contributed by atoms with Crippen molar-refractivity contribution in [2.45, 2.75) is 52.1 Å². The fourth-order valence-corrected chi connectivity index (χ4v) is 4.64. The van der Waals surface area contributed by atoms with Crippen LogP contribution in [0.3, 0.4) is 0 Å². The Bertz CT molecular complexity index is 1010. The maximum Gasteiger partial charge on any atom is 0.261 e. The number of nitrogens with zero attached hydrogens (tertiary/aromatic N) is 3. The van der Waals surface area contributed by atoms with Crippen LogP contribution in [0.5, 0.6) is 0 Å². The lowest BCUT2D eigenvalue weighted by Gasteiger charge is -2.24. The van der Waals surface area contributed by atoms with Crippen LogP contribution in [0, 0.1) is 6.92 Å². The van der Waals surface area contributed by atoms with Gasteiger partial charge in [-0.25, -0.2) is 4.98 Å². The lowest BCUT2D eigenvalue weighted by Crippen LogP contribution is -2.31. The van der Waals surface area contributed by atoms with Crippen LogP contribution in [0.4, 0.5) is 0 Å². The quantitative estimate of drug-likeness (QED) is 0.673. The van der Waals surface area contributed by atoms with Crippen molar-refractivity contribution in [1.82, 2.24) is 24.6 Å². The topological polar surface area (TPSA) is 82.5 Å². The Balaban J connectivity index is 1.36. The van der Waals surface area contributed by atoms with Gasteiger partial charge in [-0.05, 0) is 45.0 Å². The zero-order valence-corrected chi connectivity index (χ0v) is 17.6. The van der Waals surface area contributed by atoms with Crippen molar-refractivity contribution in [3.8, 4) is 0 Å². The maximum absolute atomic E-state index is 12.5. The Hall–Kier alpha value is -2.45. The zero-order valence-electron chi connectivity index (χ0n) is 16.7. The van der Waals surface area contributed by atoms with Gasteiger partial charge in [0.05, 0.1) is 12.2 Å². The molecule has 1 amide bonds. The first-order chi connectivity index (χ1) is 14.1. The van der Waals surface area contributed by atoms with Gasteiger partial charge >= 0.3 is 0 Å². The SMILES string of the molecule is Cc1cn2cc(CNC(=O)c3ccc(CN4CCCCCCC4)[nH]c3=O)nc2s1. The second kappa shape index (κ2) is 8.92. The summed E-state index contributed by atoms with van der Waals surface area (Å²) < 4.78 is 1.95. The highest BCUT2D eigenvalue weighted by atomic mass is 32.1. The first-order valence-electron chi connectivity index (χ1n) is 10.3. The number of thiazole rings is 1. The van der Waals surface area contributed by atoms with Gasteiger partial charge in [0.25, 0.3) is 11.5 Å². The van der Waals surface area contributed by atoms with Crippen molar-refractivity contribution in [1.29, 1.82) is 0 Å². The molecule has 7 nitrogen and oxygen atoms in total. The number of carbonyl (C=O) groups is 1. The molecule has 0 saturated carbocycles. The van der Waals surface area contributed by atoms with Crippen molar-refractivity contribution in [3.63, 3.8) is 0 Å². The maximum atomic E-state index is 12.5. The molecule has 2 N–H and O–H groups in total. The number of rotatable bonds is 5. The number of hydrogen-bond acceptors (Lipinski definition) is 5. The molecule has 3 aromatic heterocycles. The van der Waals surface area contributed by atoms with E-state index in [9.17, 15) is 9.59 Å². The molecule has 0 spiro atoms. The van der Waals surface area contributed by atoms with Crippen LogP contribution in [0.25, 0.3) is 4.96 Å². The number of imidazole rings is 1. The molecule has 3 aromatic rings. The Labute approximate surface area is 173 Å². The lowest BCUT2D eigenvalue weighted by atomic mass is 10.1. The molecule has 29 heavy (non-hydrogen) atoms. The molecule has 0 radical (unpaired) electrons. The minimum atomic E-state index is -0.378. The molecule has 4 heterocycles. The molecule has 8 heteroatoms. The van der Waals surface area contributed by atoms with E-state index in [1.165, 1.54) is 37.0 Å². The molecule has 0 aliphatic carbocycles. The van der Waals surface area contributed by atoms with Crippen molar-refractivity contribution in [2.75, 3.05) is 13.1 Å². The number of aromatic nitrogens is 3. The Morgan fingerprint density at radius 3 is 2.66 bits per heavy atom. The van der Waals surface area contributed by atoms with Crippen LogP contribution in [-0.2, 0) is 13.1 Å². The first-order valence-corrected chi connectivity index (χ1v) is 11.1. The van der Waals surface area contributed by atoms with E-state index in [-0.39, 0.29) is 17.0 Å². The summed E-state index contributed by atoms with van der Waals surface area (Å²) in [6.45, 7) is 5.17. The fourth-order valence-electron chi connectivity index (χ4n) is 3.81. The first kappa shape index (κ1) is 19.8. The molecule has 0 bridgehead atoms. The summed E-state index contributed by atoms with van der Waals surface area (Å²) in [4.78, 5) is 36.7. The second-order valence-electron chi connectivity index (χ2n) is 7.72. The third-order valence-corrected chi connectivity index (χ3v) is 6.22. The van der Waals surface area contributed by atoms with Gasteiger partial charge in [0.15, 0.2) is 4.96 Å². The predicted molar refractivity (Wildman–Crippen MR) is 114 cm³/mol. The number of nitrogens with one attached hydrogen (secondary N) is 2. The average Bonchev–Trinajstić information content (AvgIpc) is 3.19. The Kier molecular flexibility index (Phi) is 6.10. The number of hydrogen-bond donors (Lipinski definition) is 2. The zero-order chi connectivity index (χ0) is 20.2. The number of carbonyl (C=O) groups excluding carboxylic acids is 1. The summed E-state index contributed by atoms with van der Waals surface area (Å²) in [5.41, 5.74) is 1.43. The largest absolute Gasteiger partial charge is 0.346 e. The molecule has 4 rings (SSSR count). The van der Waals surface area contributed by atoms with E-state index >= 15 is 0 Å². The highest BCUT2D eigenvalue weighted by molar-refractivity contribution is 7.16. The summed E-state index contributed by atoms with van der Waals surface area (Å²) in [6.07, 6.45) is 10.2. The highest BCUT2D eigenvalue weighted by Crippen LogP contribution is 2.16. The van der Waals surface area contributed by atoms with Gasteiger partial charge in [-0.15, -0.1) is 11.3 Å². The van der Waals surface area contributed by atoms with Gasteiger partial charge in [-0.3, -0.25) is 18.9 Å². The van der Waals surface area contributed by atoms with Crippen LogP contribution < -0.4 is 10.9 Å². The van der Waals surface area contributed by atoms with Crippen molar-refractivity contribution in [3.05, 3.63) is 56.7 Å². The minimum absolute atomic E-state index is 0.137. The number of aryl methyl sites for hydroxylation is 1. The molecule has 154 valence electrons. The van der Waals surface area contributed by atoms with Crippen LogP contribution in [0.15, 0.2) is 29.3 Å². The van der Waals surface area contributed by atoms with Crippen LogP contribution in [0.1, 0.15) is 58.7 Å². The van der Waals surface area contributed by atoms with Crippen molar-refractivity contribution < 1.29 is 4.79 Å². The van der Waals surface area contributed by atoms with Crippen LogP contribution >= 0.6 is 11.3 Å². The van der Waals surface area contributed by atoms with E-state index in [4.69, 9.17) is 0 Å². The summed E-state index contributed by atoms with van der Waals surface area (Å²) in [6, 6.07) is 3.48. The van der Waals surface area contributed by atoms with Crippen molar-refractivity contribution >= 4 is 22.2 Å². The highest BCUT2D eigenvalue weighted by Gasteiger charge is 2.14. The molecular formula is C21H27N5O2S.